The first-order valence-corrected chi connectivity index (χ1v) is 13.1. The van der Waals surface area contributed by atoms with Crippen LogP contribution in [0.15, 0.2) is 55.1 Å². The average Bonchev–Trinajstić information content (AvgIpc) is 3.50. The van der Waals surface area contributed by atoms with Gasteiger partial charge in [-0.15, -0.1) is 20.4 Å². The zero-order chi connectivity index (χ0) is 25.7. The van der Waals surface area contributed by atoms with Gasteiger partial charge in [0.2, 0.25) is 10.3 Å². The van der Waals surface area contributed by atoms with Gasteiger partial charge >= 0.3 is 0 Å². The number of benzene rings is 2. The number of nitrogens with zero attached hydrogens (tertiary/aromatic N) is 8. The molecule has 0 saturated carbocycles. The number of nitro groups is 2. The van der Waals surface area contributed by atoms with E-state index in [9.17, 15) is 30.4 Å². The molecule has 14 nitrogen and oxygen atoms in total. The molecule has 0 bridgehead atoms. The van der Waals surface area contributed by atoms with Gasteiger partial charge in [-0.05, 0) is 33.7 Å². The fourth-order valence-corrected chi connectivity index (χ4v) is 6.13. The van der Waals surface area contributed by atoms with Gasteiger partial charge in [-0.2, -0.15) is 0 Å². The number of aliphatic imine (C=N–C) groups is 2. The number of aromatic nitrogens is 4. The largest absolute Gasteiger partial charge is 0.507 e. The Labute approximate surface area is 216 Å². The second-order valence-corrected chi connectivity index (χ2v) is 10.9. The highest BCUT2D eigenvalue weighted by Gasteiger charge is 2.12. The minimum atomic E-state index is -0.574. The number of nitro benzene ring substituents is 2. The zero-order valence-electron chi connectivity index (χ0n) is 17.4. The molecule has 0 unspecified atom stereocenters. The molecule has 0 amide bonds. The fraction of sp³-hybridized carbons (Fsp3) is 0. The summed E-state index contributed by atoms with van der Waals surface area (Å²) >= 11 is 2.32. The van der Waals surface area contributed by atoms with Crippen LogP contribution in [0, 0.1) is 20.2 Å². The Balaban J connectivity index is 1.36. The summed E-state index contributed by atoms with van der Waals surface area (Å²) in [6.45, 7) is 0. The van der Waals surface area contributed by atoms with Crippen molar-refractivity contribution in [3.63, 3.8) is 0 Å². The van der Waals surface area contributed by atoms with Gasteiger partial charge in [0.25, 0.3) is 11.4 Å². The number of phenols is 2. The van der Waals surface area contributed by atoms with E-state index in [1.807, 2.05) is 0 Å². The molecule has 18 heteroatoms. The number of hydrogen-bond acceptors (Lipinski definition) is 16. The first-order chi connectivity index (χ1) is 17.3. The molecule has 0 aliphatic rings. The summed E-state index contributed by atoms with van der Waals surface area (Å²) in [6, 6.07) is 7.19. The summed E-state index contributed by atoms with van der Waals surface area (Å²) in [5, 5.41) is 57.9. The Morgan fingerprint density at radius 3 is 1.56 bits per heavy atom. The van der Waals surface area contributed by atoms with Crippen LogP contribution in [-0.2, 0) is 0 Å². The average molecular weight is 563 g/mol. The van der Waals surface area contributed by atoms with Crippen molar-refractivity contribution in [2.45, 2.75) is 8.68 Å². The smallest absolute Gasteiger partial charge is 0.270 e. The topological polar surface area (TPSA) is 203 Å². The summed E-state index contributed by atoms with van der Waals surface area (Å²) in [5.41, 5.74) is -0.0182. The standard InChI is InChI=1S/C18H10N8O6S4/c27-13-3-1-11(25(29)30)5-9(13)7-19-15-21-23-17(33-15)35-36-18-24-22-16(34-18)20-8-10-6-12(26(31)32)2-4-14(10)28/h1-8,27-28H. The maximum Gasteiger partial charge on any atom is 0.270 e. The highest BCUT2D eigenvalue weighted by molar-refractivity contribution is 8.77. The molecule has 0 saturated heterocycles. The molecular weight excluding hydrogens is 553 g/mol. The summed E-state index contributed by atoms with van der Waals surface area (Å²) in [4.78, 5) is 28.8. The van der Waals surface area contributed by atoms with Crippen LogP contribution in [-0.4, -0.2) is 52.9 Å². The molecule has 2 N–H and O–H groups in total. The molecule has 0 aliphatic carbocycles. The molecule has 0 radical (unpaired) electrons. The summed E-state index contributed by atoms with van der Waals surface area (Å²) in [7, 11) is 2.50. The number of rotatable bonds is 9. The van der Waals surface area contributed by atoms with Gasteiger partial charge in [0.05, 0.1) is 9.85 Å². The van der Waals surface area contributed by atoms with E-state index in [0.717, 1.165) is 22.7 Å². The Hall–Kier alpha value is -4.00. The van der Waals surface area contributed by atoms with Gasteiger partial charge in [-0.25, -0.2) is 9.98 Å². The van der Waals surface area contributed by atoms with Crippen LogP contribution >= 0.6 is 44.3 Å². The van der Waals surface area contributed by atoms with Crippen molar-refractivity contribution in [1.29, 1.82) is 0 Å². The second kappa shape index (κ2) is 11.2. The number of hydrogen-bond donors (Lipinski definition) is 2. The van der Waals surface area contributed by atoms with E-state index in [-0.39, 0.29) is 44.3 Å². The van der Waals surface area contributed by atoms with E-state index in [1.54, 1.807) is 0 Å². The Morgan fingerprint density at radius 1 is 0.750 bits per heavy atom. The monoisotopic (exact) mass is 562 g/mol. The van der Waals surface area contributed by atoms with Crippen molar-refractivity contribution in [2.24, 2.45) is 9.98 Å². The number of non-ortho nitro benzene ring substituents is 2. The van der Waals surface area contributed by atoms with Crippen molar-refractivity contribution in [3.8, 4) is 11.5 Å². The third kappa shape index (κ3) is 6.36. The molecule has 0 aliphatic heterocycles. The van der Waals surface area contributed by atoms with Gasteiger partial charge in [0, 0.05) is 47.8 Å². The molecule has 4 aromatic rings. The molecule has 36 heavy (non-hydrogen) atoms. The number of phenolic OH excluding ortho intramolecular Hbond substituents is 2. The molecule has 0 spiro atoms. The lowest BCUT2D eigenvalue weighted by Gasteiger charge is -1.97. The van der Waals surface area contributed by atoms with Crippen molar-refractivity contribution in [3.05, 3.63) is 67.8 Å². The predicted octanol–water partition coefficient (Wildman–Crippen LogP) is 4.92. The highest BCUT2D eigenvalue weighted by Crippen LogP contribution is 2.42. The van der Waals surface area contributed by atoms with Crippen molar-refractivity contribution < 1.29 is 20.1 Å². The molecule has 2 heterocycles. The first kappa shape index (κ1) is 25.1. The SMILES string of the molecule is O=[N+]([O-])c1ccc(O)c(C=Nc2nnc(SSc3nnc(N=Cc4cc([N+](=O)[O-])ccc4O)s3)s2)c1. The maximum absolute atomic E-state index is 10.9. The summed E-state index contributed by atoms with van der Waals surface area (Å²) in [5.74, 6) is -0.316. The van der Waals surface area contributed by atoms with Crippen LogP contribution in [0.4, 0.5) is 21.6 Å². The quantitative estimate of drug-likeness (QED) is 0.121. The Bertz CT molecular complexity index is 1390. The lowest BCUT2D eigenvalue weighted by atomic mass is 10.2. The third-order valence-electron chi connectivity index (χ3n) is 4.05. The van der Waals surface area contributed by atoms with E-state index in [0.29, 0.717) is 8.68 Å². The van der Waals surface area contributed by atoms with E-state index in [1.165, 1.54) is 70.4 Å². The van der Waals surface area contributed by atoms with Crippen LogP contribution in [0.2, 0.25) is 0 Å². The van der Waals surface area contributed by atoms with Crippen molar-refractivity contribution >= 4 is 78.3 Å². The molecule has 2 aromatic heterocycles. The predicted molar refractivity (Wildman–Crippen MR) is 136 cm³/mol. The van der Waals surface area contributed by atoms with E-state index in [2.05, 4.69) is 30.4 Å². The Morgan fingerprint density at radius 2 is 1.17 bits per heavy atom. The van der Waals surface area contributed by atoms with Crippen LogP contribution < -0.4 is 0 Å². The van der Waals surface area contributed by atoms with Gasteiger partial charge in [-0.1, -0.05) is 22.7 Å². The highest BCUT2D eigenvalue weighted by atomic mass is 33.1. The second-order valence-electron chi connectivity index (χ2n) is 6.38. The first-order valence-electron chi connectivity index (χ1n) is 9.33. The lowest BCUT2D eigenvalue weighted by molar-refractivity contribution is -0.385. The van der Waals surface area contributed by atoms with E-state index < -0.39 is 9.85 Å². The minimum Gasteiger partial charge on any atom is -0.507 e. The van der Waals surface area contributed by atoms with Crippen molar-refractivity contribution in [2.75, 3.05) is 0 Å². The zero-order valence-corrected chi connectivity index (χ0v) is 20.6. The molecular formula is C18H10N8O6S4. The van der Waals surface area contributed by atoms with Crippen molar-refractivity contribution in [1.82, 2.24) is 20.4 Å². The molecule has 0 fully saturated rings. The van der Waals surface area contributed by atoms with Gasteiger partial charge < -0.3 is 10.2 Å². The maximum atomic E-state index is 10.9. The van der Waals surface area contributed by atoms with E-state index >= 15 is 0 Å². The third-order valence-corrected chi connectivity index (χ3v) is 8.66. The van der Waals surface area contributed by atoms with Crippen LogP contribution in [0.25, 0.3) is 0 Å². The van der Waals surface area contributed by atoms with E-state index in [4.69, 9.17) is 0 Å². The van der Waals surface area contributed by atoms with Gasteiger partial charge in [-0.3, -0.25) is 20.2 Å². The summed E-state index contributed by atoms with van der Waals surface area (Å²) < 4.78 is 1.11. The van der Waals surface area contributed by atoms with Gasteiger partial charge in [0.1, 0.15) is 11.5 Å². The van der Waals surface area contributed by atoms with Crippen LogP contribution in [0.3, 0.4) is 0 Å². The molecule has 2 aromatic carbocycles. The number of aromatic hydroxyl groups is 2. The molecule has 4 rings (SSSR count). The minimum absolute atomic E-state index is 0.158. The normalized spacial score (nSPS) is 11.4. The van der Waals surface area contributed by atoms with Crippen LogP contribution in [0.5, 0.6) is 11.5 Å². The Kier molecular flexibility index (Phi) is 7.78. The van der Waals surface area contributed by atoms with Gasteiger partial charge in [0.15, 0.2) is 8.68 Å². The lowest BCUT2D eigenvalue weighted by Crippen LogP contribution is -1.90. The molecule has 0 atom stereocenters. The molecule has 182 valence electrons. The fourth-order valence-electron chi connectivity index (χ4n) is 2.42. The summed E-state index contributed by atoms with van der Waals surface area (Å²) in [6.07, 6.45) is 2.53. The van der Waals surface area contributed by atoms with Crippen LogP contribution in [0.1, 0.15) is 11.1 Å².